The van der Waals surface area contributed by atoms with E-state index in [2.05, 4.69) is 5.32 Å². The maximum absolute atomic E-state index is 11.2. The van der Waals surface area contributed by atoms with E-state index in [1.807, 2.05) is 19.9 Å². The number of allylic oxidation sites excluding steroid dienone is 1. The van der Waals surface area contributed by atoms with Crippen molar-refractivity contribution in [1.82, 2.24) is 5.32 Å². The zero-order chi connectivity index (χ0) is 12.1. The van der Waals surface area contributed by atoms with Gasteiger partial charge in [-0.1, -0.05) is 11.6 Å². The fraction of sp³-hybridized carbons (Fsp3) is 0.667. The molecule has 1 unspecified atom stereocenters. The van der Waals surface area contributed by atoms with Crippen molar-refractivity contribution in [2.24, 2.45) is 0 Å². The van der Waals surface area contributed by atoms with Crippen LogP contribution in [0, 0.1) is 0 Å². The highest BCUT2D eigenvalue weighted by Crippen LogP contribution is 2.35. The molecule has 5 nitrogen and oxygen atoms in total. The first kappa shape index (κ1) is 14.1. The van der Waals surface area contributed by atoms with Crippen molar-refractivity contribution in [3.63, 3.8) is 0 Å². The second kappa shape index (κ2) is 5.83. The van der Waals surface area contributed by atoms with Gasteiger partial charge in [-0.15, -0.1) is 0 Å². The van der Waals surface area contributed by atoms with Crippen molar-refractivity contribution in [1.29, 1.82) is 0 Å². The molecule has 0 saturated carbocycles. The maximum Gasteiger partial charge on any atom is 0.553 e. The van der Waals surface area contributed by atoms with E-state index < -0.39 is 19.5 Å². The number of hydrogen-bond donors (Lipinski definition) is 2. The first-order chi connectivity index (χ1) is 6.79. The van der Waals surface area contributed by atoms with E-state index in [0.29, 0.717) is 6.54 Å². The lowest BCUT2D eigenvalue weighted by Gasteiger charge is -2.12. The largest absolute Gasteiger partial charge is 0.553 e. The van der Waals surface area contributed by atoms with Crippen LogP contribution in [-0.4, -0.2) is 22.9 Å². The molecular formula is C9H17NO4P+. The lowest BCUT2D eigenvalue weighted by molar-refractivity contribution is 0.0871. The molecule has 0 aliphatic rings. The number of amides is 1. The number of alkyl carbamates (subject to hydrolysis) is 1. The number of rotatable bonds is 4. The van der Waals surface area contributed by atoms with Crippen LogP contribution < -0.4 is 5.32 Å². The van der Waals surface area contributed by atoms with E-state index in [1.165, 1.54) is 13.8 Å². The third-order valence-electron chi connectivity index (χ3n) is 1.81. The molecule has 2 N–H and O–H groups in total. The van der Waals surface area contributed by atoms with E-state index in [1.54, 1.807) is 0 Å². The Balaban J connectivity index is 4.10. The molecular weight excluding hydrogens is 217 g/mol. The average molecular weight is 234 g/mol. The van der Waals surface area contributed by atoms with Crippen molar-refractivity contribution >= 4 is 14.1 Å². The summed E-state index contributed by atoms with van der Waals surface area (Å²) in [7, 11) is -2.55. The molecule has 0 aromatic heterocycles. The van der Waals surface area contributed by atoms with Gasteiger partial charge in [0, 0.05) is 20.4 Å². The topological polar surface area (TPSA) is 75.6 Å². The van der Waals surface area contributed by atoms with Crippen molar-refractivity contribution in [3.8, 4) is 0 Å². The minimum absolute atomic E-state index is 0.369. The molecule has 15 heavy (non-hydrogen) atoms. The number of carbonyl (C=O) groups excluding carboxylic acids is 1. The number of carbonyl (C=O) groups is 1. The van der Waals surface area contributed by atoms with E-state index >= 15 is 0 Å². The minimum Gasteiger partial charge on any atom is -0.395 e. The normalized spacial score (nSPS) is 13.4. The second-order valence-corrected chi connectivity index (χ2v) is 5.22. The monoisotopic (exact) mass is 234 g/mol. The molecule has 1 amide bonds. The van der Waals surface area contributed by atoms with Gasteiger partial charge in [-0.05, 0) is 18.4 Å². The van der Waals surface area contributed by atoms with E-state index in [0.717, 1.165) is 5.57 Å². The standard InChI is InChI=1S/C9H16NO4P/c1-5-7(2)6-10-8(11)14-9(3,4)15(12)13/h5H,6H2,1-4H3,(H-,10,11,12,13)/p+1/b7-5+. The Morgan fingerprint density at radius 1 is 1.60 bits per heavy atom. The average Bonchev–Trinajstić information content (AvgIpc) is 2.13. The highest BCUT2D eigenvalue weighted by molar-refractivity contribution is 7.39. The smallest absolute Gasteiger partial charge is 0.395 e. The molecule has 0 fully saturated rings. The lowest BCUT2D eigenvalue weighted by atomic mass is 10.3. The molecule has 0 rings (SSSR count). The van der Waals surface area contributed by atoms with Crippen LogP contribution in [0.4, 0.5) is 4.79 Å². The van der Waals surface area contributed by atoms with Crippen LogP contribution in [0.3, 0.4) is 0 Å². The van der Waals surface area contributed by atoms with Gasteiger partial charge in [0.25, 0.3) is 0 Å². The van der Waals surface area contributed by atoms with Gasteiger partial charge in [0.15, 0.2) is 0 Å². The van der Waals surface area contributed by atoms with Gasteiger partial charge >= 0.3 is 19.5 Å². The molecule has 0 spiro atoms. The second-order valence-electron chi connectivity index (χ2n) is 3.60. The Hall–Kier alpha value is -0.930. The molecule has 0 heterocycles. The van der Waals surface area contributed by atoms with Crippen LogP contribution in [0.5, 0.6) is 0 Å². The van der Waals surface area contributed by atoms with Crippen LogP contribution in [0.15, 0.2) is 11.6 Å². The number of ether oxygens (including phenoxy) is 1. The molecule has 0 aliphatic heterocycles. The van der Waals surface area contributed by atoms with Crippen LogP contribution in [0.1, 0.15) is 27.7 Å². The van der Waals surface area contributed by atoms with Gasteiger partial charge in [-0.3, -0.25) is 0 Å². The van der Waals surface area contributed by atoms with Gasteiger partial charge < -0.3 is 10.1 Å². The Morgan fingerprint density at radius 3 is 2.53 bits per heavy atom. The summed E-state index contributed by atoms with van der Waals surface area (Å²) in [5.41, 5.74) is 0.984. The molecule has 0 bridgehead atoms. The van der Waals surface area contributed by atoms with E-state index in [-0.39, 0.29) is 0 Å². The summed E-state index contributed by atoms with van der Waals surface area (Å²) in [6, 6.07) is 0. The van der Waals surface area contributed by atoms with Crippen molar-refractivity contribution in [2.45, 2.75) is 33.0 Å². The predicted octanol–water partition coefficient (Wildman–Crippen LogP) is 2.15. The van der Waals surface area contributed by atoms with Gasteiger partial charge in [-0.25, -0.2) is 4.79 Å². The Morgan fingerprint density at radius 2 is 2.13 bits per heavy atom. The summed E-state index contributed by atoms with van der Waals surface area (Å²) in [6.07, 6.45) is 1.16. The summed E-state index contributed by atoms with van der Waals surface area (Å²) < 4.78 is 15.6. The summed E-state index contributed by atoms with van der Waals surface area (Å²) in [6.45, 7) is 6.85. The van der Waals surface area contributed by atoms with E-state index in [9.17, 15) is 9.36 Å². The van der Waals surface area contributed by atoms with Crippen LogP contribution >= 0.6 is 8.03 Å². The fourth-order valence-electron chi connectivity index (χ4n) is 0.616. The minimum atomic E-state index is -2.55. The van der Waals surface area contributed by atoms with Gasteiger partial charge in [0.1, 0.15) is 0 Å². The summed E-state index contributed by atoms with van der Waals surface area (Å²) in [5.74, 6) is 0. The molecule has 0 aromatic carbocycles. The molecule has 86 valence electrons. The van der Waals surface area contributed by atoms with Gasteiger partial charge in [0.2, 0.25) is 0 Å². The predicted molar refractivity (Wildman–Crippen MR) is 57.8 cm³/mol. The Labute approximate surface area is 90.4 Å². The first-order valence-electron chi connectivity index (χ1n) is 4.54. The van der Waals surface area contributed by atoms with Crippen LogP contribution in [0.2, 0.25) is 0 Å². The quantitative estimate of drug-likeness (QED) is 0.577. The molecule has 0 saturated heterocycles. The van der Waals surface area contributed by atoms with Crippen LogP contribution in [0.25, 0.3) is 0 Å². The van der Waals surface area contributed by atoms with E-state index in [4.69, 9.17) is 9.63 Å². The summed E-state index contributed by atoms with van der Waals surface area (Å²) >= 11 is 0. The number of nitrogens with one attached hydrogen (secondary N) is 1. The summed E-state index contributed by atoms with van der Waals surface area (Å²) in [4.78, 5) is 20.0. The highest BCUT2D eigenvalue weighted by atomic mass is 31.1. The highest BCUT2D eigenvalue weighted by Gasteiger charge is 2.43. The van der Waals surface area contributed by atoms with Gasteiger partial charge in [0.05, 0.1) is 0 Å². The zero-order valence-electron chi connectivity index (χ0n) is 9.40. The maximum atomic E-state index is 11.2. The Kier molecular flexibility index (Phi) is 5.47. The van der Waals surface area contributed by atoms with Crippen molar-refractivity contribution < 1.29 is 19.0 Å². The number of hydrogen-bond acceptors (Lipinski definition) is 3. The van der Waals surface area contributed by atoms with Crippen molar-refractivity contribution in [2.75, 3.05) is 6.54 Å². The third kappa shape index (κ3) is 5.50. The first-order valence-corrected chi connectivity index (χ1v) is 5.75. The molecule has 6 heteroatoms. The van der Waals surface area contributed by atoms with Crippen molar-refractivity contribution in [3.05, 3.63) is 11.6 Å². The SMILES string of the molecule is C/C=C(\C)CNC(=O)OC(C)(C)[P+](=O)O. The Bertz CT molecular complexity index is 286. The van der Waals surface area contributed by atoms with Crippen LogP contribution in [-0.2, 0) is 9.30 Å². The zero-order valence-corrected chi connectivity index (χ0v) is 10.3. The molecule has 0 aromatic rings. The molecule has 0 aliphatic carbocycles. The molecule has 1 atom stereocenters. The lowest BCUT2D eigenvalue weighted by Crippen LogP contribution is -2.33. The fourth-order valence-corrected chi connectivity index (χ4v) is 0.777. The van der Waals surface area contributed by atoms with Gasteiger partial charge in [-0.2, -0.15) is 4.89 Å². The third-order valence-corrected chi connectivity index (χ3v) is 2.82. The summed E-state index contributed by atoms with van der Waals surface area (Å²) in [5, 5.41) is 1.12. The molecule has 0 radical (unpaired) electrons.